The Hall–Kier alpha value is -2.19. The van der Waals surface area contributed by atoms with Crippen LogP contribution in [0.5, 0.6) is 0 Å². The number of nitrogens with zero attached hydrogens (tertiary/aromatic N) is 1. The molecule has 0 amide bonds. The van der Waals surface area contributed by atoms with E-state index in [4.69, 9.17) is 0 Å². The zero-order chi connectivity index (χ0) is 22.3. The average Bonchev–Trinajstić information content (AvgIpc) is 2.75. The number of aromatic nitrogens is 1. The second-order valence-electron chi connectivity index (χ2n) is 7.00. The minimum atomic E-state index is -4.27. The molecule has 0 atom stereocenters. The molecule has 0 fully saturated rings. The summed E-state index contributed by atoms with van der Waals surface area (Å²) in [6.45, 7) is 3.99. The van der Waals surface area contributed by atoms with Crippen LogP contribution < -0.4 is 15.9 Å². The maximum atomic E-state index is 11.8. The smallest absolute Gasteiger partial charge is 0.298 e. The summed E-state index contributed by atoms with van der Waals surface area (Å²) in [5.41, 5.74) is 2.18. The van der Waals surface area contributed by atoms with Gasteiger partial charge in [0.2, 0.25) is 0 Å². The third-order valence-corrected chi connectivity index (χ3v) is 8.48. The molecule has 0 aliphatic carbocycles. The number of benzene rings is 3. The Morgan fingerprint density at radius 3 is 1.48 bits per heavy atom. The first-order valence-corrected chi connectivity index (χ1v) is 12.8. The molecule has 3 aromatic carbocycles. The van der Waals surface area contributed by atoms with Gasteiger partial charge in [-0.2, -0.15) is 8.42 Å². The molecule has 0 saturated heterocycles. The Balaban J connectivity index is 0.000000465. The summed E-state index contributed by atoms with van der Waals surface area (Å²) >= 11 is 0. The van der Waals surface area contributed by atoms with Crippen molar-refractivity contribution in [3.8, 4) is 0 Å². The molecule has 1 heterocycles. The van der Waals surface area contributed by atoms with Crippen molar-refractivity contribution >= 4 is 34.0 Å². The quantitative estimate of drug-likeness (QED) is 0.169. The van der Waals surface area contributed by atoms with Crippen molar-refractivity contribution in [2.75, 3.05) is 0 Å². The van der Waals surface area contributed by atoms with Gasteiger partial charge in [0, 0.05) is 31.8 Å². The molecule has 0 aliphatic heterocycles. The summed E-state index contributed by atoms with van der Waals surface area (Å²) in [4.78, 5) is 4.16. The molecule has 4 rings (SSSR count). The first kappa shape index (κ1) is 28.8. The molecule has 0 spiro atoms. The number of hydrogen-bond acceptors (Lipinski definition) is 3. The molecule has 0 bridgehead atoms. The largest absolute Gasteiger partial charge is 0.358 e. The third kappa shape index (κ3) is 8.27. The molecule has 0 saturated carbocycles. The van der Waals surface area contributed by atoms with Gasteiger partial charge in [0.25, 0.3) is 10.1 Å². The van der Waals surface area contributed by atoms with Gasteiger partial charge in [0.05, 0.1) is 0 Å². The monoisotopic (exact) mass is 571 g/mol. The molecule has 4 nitrogen and oxygen atoms in total. The van der Waals surface area contributed by atoms with Gasteiger partial charge in [-0.15, -0.1) is 0 Å². The fourth-order valence-electron chi connectivity index (χ4n) is 3.26. The Morgan fingerprint density at radius 1 is 0.667 bits per heavy atom. The van der Waals surface area contributed by atoms with Crippen LogP contribution in [0.25, 0.3) is 0 Å². The molecular formula is C26H28NO3PPdS. The predicted octanol–water partition coefficient (Wildman–Crippen LogP) is 4.57. The zero-order valence-corrected chi connectivity index (χ0v) is 22.1. The number of aryl methyl sites for hydroxylation is 2. The van der Waals surface area contributed by atoms with Crippen molar-refractivity contribution in [1.82, 2.24) is 4.98 Å². The SMILES string of the molecule is Cc1cccc(C)n1.O=S(=O)(O)c1ccccc1[PH+](c1ccccc1)c1ccccc1.[CH3-].[Pd]. The molecule has 33 heavy (non-hydrogen) atoms. The molecule has 176 valence electrons. The summed E-state index contributed by atoms with van der Waals surface area (Å²) < 4.78 is 33.2. The maximum absolute atomic E-state index is 11.8. The fraction of sp³-hybridized carbons (Fsp3) is 0.0769. The molecular weight excluding hydrogens is 544 g/mol. The van der Waals surface area contributed by atoms with Crippen LogP contribution in [0.1, 0.15) is 11.4 Å². The Bertz CT molecular complexity index is 1180. The van der Waals surface area contributed by atoms with Gasteiger partial charge in [-0.25, -0.2) is 0 Å². The van der Waals surface area contributed by atoms with E-state index in [1.165, 1.54) is 6.07 Å². The van der Waals surface area contributed by atoms with Crippen molar-refractivity contribution in [2.24, 2.45) is 0 Å². The minimum Gasteiger partial charge on any atom is -0.358 e. The van der Waals surface area contributed by atoms with Crippen molar-refractivity contribution in [3.63, 3.8) is 0 Å². The predicted molar refractivity (Wildman–Crippen MR) is 136 cm³/mol. The summed E-state index contributed by atoms with van der Waals surface area (Å²) in [5.74, 6) is 0. The van der Waals surface area contributed by atoms with Gasteiger partial charge in [-0.3, -0.25) is 9.54 Å². The van der Waals surface area contributed by atoms with E-state index in [1.807, 2.05) is 92.7 Å². The van der Waals surface area contributed by atoms with E-state index < -0.39 is 18.0 Å². The second-order valence-corrected chi connectivity index (χ2v) is 10.8. The number of pyridine rings is 1. The van der Waals surface area contributed by atoms with Crippen molar-refractivity contribution in [2.45, 2.75) is 18.7 Å². The van der Waals surface area contributed by atoms with Crippen LogP contribution in [0.3, 0.4) is 0 Å². The summed E-state index contributed by atoms with van der Waals surface area (Å²) in [6.07, 6.45) is 0. The van der Waals surface area contributed by atoms with Crippen LogP contribution in [0.2, 0.25) is 0 Å². The summed E-state index contributed by atoms with van der Waals surface area (Å²) in [7, 11) is -5.80. The minimum absolute atomic E-state index is 0. The van der Waals surface area contributed by atoms with E-state index >= 15 is 0 Å². The fourth-order valence-corrected chi connectivity index (χ4v) is 7.15. The van der Waals surface area contributed by atoms with E-state index in [0.717, 1.165) is 22.0 Å². The van der Waals surface area contributed by atoms with E-state index in [9.17, 15) is 13.0 Å². The zero-order valence-electron chi connectivity index (χ0n) is 18.8. The standard InChI is InChI=1S/C18H15O3PS.C7H9N.CH3.Pd/c19-23(20,21)18-14-8-7-13-17(18)22(15-9-3-1-4-10-15)16-11-5-2-6-12-16;1-6-4-3-5-7(2)8-6;;/h1-14H,(H,19,20,21);3-5H,1-2H3;1H3;/q;;-1;/p+1. The van der Waals surface area contributed by atoms with Gasteiger partial charge in [0.15, 0.2) is 0 Å². The molecule has 0 unspecified atom stereocenters. The van der Waals surface area contributed by atoms with Gasteiger partial charge < -0.3 is 7.43 Å². The van der Waals surface area contributed by atoms with Crippen molar-refractivity contribution in [3.05, 3.63) is 122 Å². The van der Waals surface area contributed by atoms with Crippen LogP contribution in [0.15, 0.2) is 108 Å². The van der Waals surface area contributed by atoms with E-state index in [0.29, 0.717) is 5.30 Å². The van der Waals surface area contributed by atoms with E-state index in [1.54, 1.807) is 18.2 Å². The van der Waals surface area contributed by atoms with Gasteiger partial charge in [-0.1, -0.05) is 54.6 Å². The first-order valence-electron chi connectivity index (χ1n) is 9.81. The summed E-state index contributed by atoms with van der Waals surface area (Å²) in [6, 6.07) is 32.3. The van der Waals surface area contributed by atoms with E-state index in [2.05, 4.69) is 4.98 Å². The van der Waals surface area contributed by atoms with Crippen LogP contribution in [0, 0.1) is 21.3 Å². The third-order valence-electron chi connectivity index (χ3n) is 4.59. The Kier molecular flexibility index (Phi) is 11.8. The van der Waals surface area contributed by atoms with Gasteiger partial charge in [-0.05, 0) is 62.4 Å². The Morgan fingerprint density at radius 2 is 1.09 bits per heavy atom. The van der Waals surface area contributed by atoms with E-state index in [-0.39, 0.29) is 32.7 Å². The normalized spacial score (nSPS) is 10.3. The molecule has 4 aromatic rings. The van der Waals surface area contributed by atoms with Crippen LogP contribution in [0.4, 0.5) is 0 Å². The molecule has 1 N–H and O–H groups in total. The second kappa shape index (κ2) is 13.5. The maximum Gasteiger partial charge on any atom is 0.298 e. The molecule has 7 heteroatoms. The average molecular weight is 572 g/mol. The molecule has 0 radical (unpaired) electrons. The molecule has 1 aromatic heterocycles. The van der Waals surface area contributed by atoms with Gasteiger partial charge >= 0.3 is 0 Å². The number of hydrogen-bond donors (Lipinski definition) is 1. The van der Waals surface area contributed by atoms with Crippen LogP contribution >= 0.6 is 7.92 Å². The van der Waals surface area contributed by atoms with Gasteiger partial charge in [0.1, 0.15) is 28.7 Å². The van der Waals surface area contributed by atoms with Crippen LogP contribution in [-0.4, -0.2) is 18.0 Å². The van der Waals surface area contributed by atoms with Crippen molar-refractivity contribution in [1.29, 1.82) is 0 Å². The number of rotatable bonds is 4. The topological polar surface area (TPSA) is 67.3 Å². The summed E-state index contributed by atoms with van der Waals surface area (Å²) in [5, 5.41) is 2.80. The Labute approximate surface area is 212 Å². The van der Waals surface area contributed by atoms with Crippen molar-refractivity contribution < 1.29 is 33.4 Å². The first-order chi connectivity index (χ1) is 14.9. The van der Waals surface area contributed by atoms with Crippen LogP contribution in [-0.2, 0) is 30.5 Å². The molecule has 0 aliphatic rings.